The molecule has 1 fully saturated rings. The first-order valence-corrected chi connectivity index (χ1v) is 9.43. The van der Waals surface area contributed by atoms with Crippen LogP contribution in [-0.4, -0.2) is 27.5 Å². The highest BCUT2D eigenvalue weighted by molar-refractivity contribution is 6.00. The summed E-state index contributed by atoms with van der Waals surface area (Å²) in [5, 5.41) is 2.34. The SMILES string of the molecule is Cn1c(=O)n(C2CCC(=O)NC2=O)c2ccc(C3=CCC(CN)CC3)cc21. The van der Waals surface area contributed by atoms with Crippen molar-refractivity contribution in [2.75, 3.05) is 6.54 Å². The van der Waals surface area contributed by atoms with Crippen molar-refractivity contribution in [2.45, 2.75) is 38.1 Å². The van der Waals surface area contributed by atoms with Gasteiger partial charge < -0.3 is 5.73 Å². The molecule has 0 radical (unpaired) electrons. The maximum Gasteiger partial charge on any atom is 0.329 e. The minimum Gasteiger partial charge on any atom is -0.330 e. The van der Waals surface area contributed by atoms with Crippen LogP contribution in [0, 0.1) is 5.92 Å². The van der Waals surface area contributed by atoms with E-state index < -0.39 is 11.9 Å². The first-order chi connectivity index (χ1) is 13.0. The van der Waals surface area contributed by atoms with Gasteiger partial charge in [0.05, 0.1) is 11.0 Å². The van der Waals surface area contributed by atoms with Crippen LogP contribution in [0.25, 0.3) is 16.6 Å². The van der Waals surface area contributed by atoms with Crippen LogP contribution in [0.4, 0.5) is 0 Å². The molecule has 2 amide bonds. The molecule has 0 bridgehead atoms. The molecule has 142 valence electrons. The van der Waals surface area contributed by atoms with Crippen molar-refractivity contribution in [1.82, 2.24) is 14.5 Å². The monoisotopic (exact) mass is 368 g/mol. The maximum absolute atomic E-state index is 12.8. The zero-order chi connectivity index (χ0) is 19.1. The van der Waals surface area contributed by atoms with Crippen molar-refractivity contribution >= 4 is 28.4 Å². The van der Waals surface area contributed by atoms with Gasteiger partial charge in [-0.25, -0.2) is 4.79 Å². The number of imidazole rings is 1. The number of aryl methyl sites for hydroxylation is 1. The smallest absolute Gasteiger partial charge is 0.329 e. The molecule has 0 saturated carbocycles. The number of carbonyl (C=O) groups excluding carboxylic acids is 2. The van der Waals surface area contributed by atoms with Gasteiger partial charge in [0, 0.05) is 13.5 Å². The standard InChI is InChI=1S/C20H24N4O3/c1-23-17-10-14(13-4-2-12(11-21)3-5-13)6-7-15(17)24(20(23)27)16-8-9-18(25)22-19(16)26/h4,6-7,10,12,16H,2-3,5,8-9,11,21H2,1H3,(H,22,25,26). The molecule has 2 unspecified atom stereocenters. The Labute approximate surface area is 156 Å². The third kappa shape index (κ3) is 3.02. The minimum absolute atomic E-state index is 0.238. The quantitative estimate of drug-likeness (QED) is 0.801. The zero-order valence-corrected chi connectivity index (χ0v) is 15.4. The molecule has 1 aliphatic heterocycles. The van der Waals surface area contributed by atoms with Crippen molar-refractivity contribution in [3.05, 3.63) is 40.3 Å². The predicted molar refractivity (Wildman–Crippen MR) is 103 cm³/mol. The van der Waals surface area contributed by atoms with Gasteiger partial charge in [-0.15, -0.1) is 0 Å². The minimum atomic E-state index is -0.649. The van der Waals surface area contributed by atoms with E-state index in [0.717, 1.165) is 35.9 Å². The van der Waals surface area contributed by atoms with Crippen LogP contribution in [0.3, 0.4) is 0 Å². The van der Waals surface area contributed by atoms with E-state index >= 15 is 0 Å². The molecule has 2 heterocycles. The van der Waals surface area contributed by atoms with Gasteiger partial charge >= 0.3 is 5.69 Å². The van der Waals surface area contributed by atoms with Crippen LogP contribution >= 0.6 is 0 Å². The number of nitrogens with one attached hydrogen (secondary N) is 1. The number of nitrogens with two attached hydrogens (primary N) is 1. The lowest BCUT2D eigenvalue weighted by Crippen LogP contribution is -2.44. The first kappa shape index (κ1) is 17.7. The van der Waals surface area contributed by atoms with Crippen LogP contribution < -0.4 is 16.7 Å². The normalized spacial score (nSPS) is 23.4. The van der Waals surface area contributed by atoms with E-state index in [1.54, 1.807) is 11.6 Å². The first-order valence-electron chi connectivity index (χ1n) is 9.43. The third-order valence-electron chi connectivity index (χ3n) is 5.83. The second kappa shape index (κ2) is 6.81. The third-order valence-corrected chi connectivity index (χ3v) is 5.83. The number of rotatable bonds is 3. The molecule has 1 aromatic heterocycles. The molecule has 2 aromatic rings. The Kier molecular flexibility index (Phi) is 4.47. The molecule has 2 aliphatic rings. The number of hydrogen-bond donors (Lipinski definition) is 2. The summed E-state index contributed by atoms with van der Waals surface area (Å²) in [5.41, 5.74) is 9.43. The number of imide groups is 1. The van der Waals surface area contributed by atoms with Crippen molar-refractivity contribution in [2.24, 2.45) is 18.7 Å². The molecule has 4 rings (SSSR count). The molecular weight excluding hydrogens is 344 g/mol. The van der Waals surface area contributed by atoms with Gasteiger partial charge in [-0.1, -0.05) is 12.1 Å². The molecule has 0 spiro atoms. The summed E-state index contributed by atoms with van der Waals surface area (Å²) in [7, 11) is 1.72. The average molecular weight is 368 g/mol. The highest BCUT2D eigenvalue weighted by Crippen LogP contribution is 2.32. The maximum atomic E-state index is 12.8. The van der Waals surface area contributed by atoms with Crippen LogP contribution in [0.2, 0.25) is 0 Å². The van der Waals surface area contributed by atoms with Gasteiger partial charge in [0.15, 0.2) is 0 Å². The number of hydrogen-bond acceptors (Lipinski definition) is 4. The summed E-state index contributed by atoms with van der Waals surface area (Å²) < 4.78 is 3.09. The van der Waals surface area contributed by atoms with Crippen molar-refractivity contribution in [3.8, 4) is 0 Å². The van der Waals surface area contributed by atoms with E-state index in [0.29, 0.717) is 18.9 Å². The Balaban J connectivity index is 1.75. The molecular formula is C20H24N4O3. The van der Waals surface area contributed by atoms with E-state index in [4.69, 9.17) is 5.73 Å². The number of allylic oxidation sites excluding steroid dienone is 2. The largest absolute Gasteiger partial charge is 0.330 e. The molecule has 1 aliphatic carbocycles. The molecule has 1 aromatic carbocycles. The second-order valence-electron chi connectivity index (χ2n) is 7.49. The van der Waals surface area contributed by atoms with Crippen LogP contribution in [0.15, 0.2) is 29.1 Å². The lowest BCUT2D eigenvalue weighted by atomic mass is 9.86. The van der Waals surface area contributed by atoms with Gasteiger partial charge in [0.2, 0.25) is 11.8 Å². The van der Waals surface area contributed by atoms with Gasteiger partial charge in [-0.2, -0.15) is 0 Å². The zero-order valence-electron chi connectivity index (χ0n) is 15.4. The fourth-order valence-electron chi connectivity index (χ4n) is 4.16. The van der Waals surface area contributed by atoms with Gasteiger partial charge in [0.25, 0.3) is 0 Å². The fourth-order valence-corrected chi connectivity index (χ4v) is 4.16. The second-order valence-corrected chi connectivity index (χ2v) is 7.49. The number of amides is 2. The summed E-state index contributed by atoms with van der Waals surface area (Å²) in [6.07, 6.45) is 5.88. The molecule has 3 N–H and O–H groups in total. The van der Waals surface area contributed by atoms with E-state index in [1.165, 1.54) is 10.1 Å². The highest BCUT2D eigenvalue weighted by atomic mass is 16.2. The Morgan fingerprint density at radius 3 is 2.63 bits per heavy atom. The molecule has 27 heavy (non-hydrogen) atoms. The number of aromatic nitrogens is 2. The Morgan fingerprint density at radius 1 is 1.15 bits per heavy atom. The van der Waals surface area contributed by atoms with Gasteiger partial charge in [-0.05, 0) is 61.4 Å². The van der Waals surface area contributed by atoms with Crippen molar-refractivity contribution in [1.29, 1.82) is 0 Å². The van der Waals surface area contributed by atoms with E-state index in [1.807, 2.05) is 18.2 Å². The van der Waals surface area contributed by atoms with Crippen molar-refractivity contribution in [3.63, 3.8) is 0 Å². The summed E-state index contributed by atoms with van der Waals surface area (Å²) in [6, 6.07) is 5.29. The van der Waals surface area contributed by atoms with Crippen LogP contribution in [-0.2, 0) is 16.6 Å². The molecule has 2 atom stereocenters. The summed E-state index contributed by atoms with van der Waals surface area (Å²) in [4.78, 5) is 36.5. The fraction of sp³-hybridized carbons (Fsp3) is 0.450. The summed E-state index contributed by atoms with van der Waals surface area (Å²) >= 11 is 0. The summed E-state index contributed by atoms with van der Waals surface area (Å²) in [6.45, 7) is 0.714. The Hall–Kier alpha value is -2.67. The lowest BCUT2D eigenvalue weighted by molar-refractivity contribution is -0.135. The summed E-state index contributed by atoms with van der Waals surface area (Å²) in [5.74, 6) is -0.143. The Morgan fingerprint density at radius 2 is 1.96 bits per heavy atom. The topological polar surface area (TPSA) is 99.1 Å². The Bertz CT molecular complexity index is 1010. The average Bonchev–Trinajstić information content (AvgIpc) is 2.92. The number of nitrogens with zero attached hydrogens (tertiary/aromatic N) is 2. The van der Waals surface area contributed by atoms with Gasteiger partial charge in [-0.3, -0.25) is 24.0 Å². The van der Waals surface area contributed by atoms with Crippen LogP contribution in [0.5, 0.6) is 0 Å². The van der Waals surface area contributed by atoms with E-state index in [-0.39, 0.29) is 18.0 Å². The number of piperidine rings is 1. The van der Waals surface area contributed by atoms with Crippen LogP contribution in [0.1, 0.15) is 43.7 Å². The van der Waals surface area contributed by atoms with Gasteiger partial charge in [0.1, 0.15) is 6.04 Å². The number of carbonyl (C=O) groups is 2. The molecule has 7 heteroatoms. The lowest BCUT2D eigenvalue weighted by Gasteiger charge is -2.22. The van der Waals surface area contributed by atoms with Crippen molar-refractivity contribution < 1.29 is 9.59 Å². The number of fused-ring (bicyclic) bond motifs is 1. The highest BCUT2D eigenvalue weighted by Gasteiger charge is 2.31. The van der Waals surface area contributed by atoms with E-state index in [2.05, 4.69) is 11.4 Å². The number of benzene rings is 1. The predicted octanol–water partition coefficient (Wildman–Crippen LogP) is 1.46. The van der Waals surface area contributed by atoms with E-state index in [9.17, 15) is 14.4 Å². The molecule has 7 nitrogen and oxygen atoms in total. The molecule has 1 saturated heterocycles.